The van der Waals surface area contributed by atoms with Crippen LogP contribution >= 0.6 is 0 Å². The largest absolute Gasteiger partial charge is 0.478 e. The number of nitrogens with zero attached hydrogens (tertiary/aromatic N) is 4. The number of benzene rings is 1. The number of aromatic nitrogens is 2. The van der Waals surface area contributed by atoms with Crippen LogP contribution in [0.3, 0.4) is 0 Å². The Bertz CT molecular complexity index is 975. The molecule has 12 heteroatoms. The van der Waals surface area contributed by atoms with Crippen LogP contribution in [0.15, 0.2) is 41.4 Å². The molecule has 0 atom stereocenters. The molecule has 0 amide bonds. The van der Waals surface area contributed by atoms with Crippen LogP contribution in [0, 0.1) is 0 Å². The first-order valence-electron chi connectivity index (χ1n) is 8.08. The molecule has 1 aliphatic rings. The summed E-state index contributed by atoms with van der Waals surface area (Å²) in [6.45, 7) is 0.663. The number of hydrogen-bond donors (Lipinski definition) is 1. The molecule has 1 aliphatic heterocycles. The second-order valence-electron chi connectivity index (χ2n) is 5.98. The number of aromatic carboxylic acids is 1. The van der Waals surface area contributed by atoms with Gasteiger partial charge in [0.1, 0.15) is 0 Å². The molecule has 0 aliphatic carbocycles. The Kier molecular flexibility index (Phi) is 5.26. The van der Waals surface area contributed by atoms with Gasteiger partial charge in [-0.15, -0.1) is 5.10 Å². The molecule has 28 heavy (non-hydrogen) atoms. The summed E-state index contributed by atoms with van der Waals surface area (Å²) in [6.07, 6.45) is -3.49. The summed E-state index contributed by atoms with van der Waals surface area (Å²) in [5.41, 5.74) is -2.50. The van der Waals surface area contributed by atoms with E-state index in [9.17, 15) is 26.4 Å². The van der Waals surface area contributed by atoms with Crippen LogP contribution in [0.1, 0.15) is 15.9 Å². The highest BCUT2D eigenvalue weighted by molar-refractivity contribution is 7.89. The number of alkyl halides is 3. The standard InChI is InChI=1S/C16H15F3N4O4S/c17-16(18,19)13-10-11(3-4-12(13)15(24)25)28(26,27)23-8-6-22(7-9-23)14-2-1-5-20-21-14/h1-5,10H,6-9H2,(H,24,25). The normalized spacial score (nSPS) is 16.2. The van der Waals surface area contributed by atoms with Gasteiger partial charge in [0.25, 0.3) is 0 Å². The zero-order chi connectivity index (χ0) is 20.5. The quantitative estimate of drug-likeness (QED) is 0.809. The highest BCUT2D eigenvalue weighted by Crippen LogP contribution is 2.34. The van der Waals surface area contributed by atoms with Crippen molar-refractivity contribution in [3.05, 3.63) is 47.7 Å². The minimum absolute atomic E-state index is 0.0426. The predicted molar refractivity (Wildman–Crippen MR) is 91.4 cm³/mol. The maximum Gasteiger partial charge on any atom is 0.417 e. The minimum atomic E-state index is -5.00. The Hall–Kier alpha value is -2.73. The molecule has 0 unspecified atom stereocenters. The highest BCUT2D eigenvalue weighted by Gasteiger charge is 2.38. The van der Waals surface area contributed by atoms with Crippen molar-refractivity contribution in [2.24, 2.45) is 0 Å². The van der Waals surface area contributed by atoms with Gasteiger partial charge in [-0.3, -0.25) is 0 Å². The maximum absolute atomic E-state index is 13.2. The summed E-state index contributed by atoms with van der Waals surface area (Å²) < 4.78 is 66.1. The van der Waals surface area contributed by atoms with Gasteiger partial charge in [0.2, 0.25) is 10.0 Å². The highest BCUT2D eigenvalue weighted by atomic mass is 32.2. The summed E-state index contributed by atoms with van der Waals surface area (Å²) in [5, 5.41) is 16.6. The van der Waals surface area contributed by atoms with Gasteiger partial charge >= 0.3 is 12.1 Å². The molecule has 0 saturated carbocycles. The van der Waals surface area contributed by atoms with Crippen LogP contribution in [0.5, 0.6) is 0 Å². The van der Waals surface area contributed by atoms with E-state index in [4.69, 9.17) is 5.11 Å². The van der Waals surface area contributed by atoms with Crippen LogP contribution in [0.4, 0.5) is 19.0 Å². The summed E-state index contributed by atoms with van der Waals surface area (Å²) in [7, 11) is -4.22. The lowest BCUT2D eigenvalue weighted by Crippen LogP contribution is -2.49. The molecular weight excluding hydrogens is 401 g/mol. The van der Waals surface area contributed by atoms with E-state index in [1.54, 1.807) is 12.1 Å². The number of anilines is 1. The van der Waals surface area contributed by atoms with Crippen LogP contribution in [0.2, 0.25) is 0 Å². The van der Waals surface area contributed by atoms with E-state index < -0.39 is 38.2 Å². The van der Waals surface area contributed by atoms with Crippen molar-refractivity contribution in [1.82, 2.24) is 14.5 Å². The number of halogens is 3. The molecule has 1 N–H and O–H groups in total. The lowest BCUT2D eigenvalue weighted by atomic mass is 10.1. The molecule has 2 heterocycles. The van der Waals surface area contributed by atoms with Crippen LogP contribution in [-0.2, 0) is 16.2 Å². The van der Waals surface area contributed by atoms with E-state index in [0.717, 1.165) is 10.4 Å². The van der Waals surface area contributed by atoms with E-state index in [2.05, 4.69) is 10.2 Å². The molecule has 8 nitrogen and oxygen atoms in total. The second-order valence-corrected chi connectivity index (χ2v) is 7.92. The SMILES string of the molecule is O=C(O)c1ccc(S(=O)(=O)N2CCN(c3cccnn3)CC2)cc1C(F)(F)F. The summed E-state index contributed by atoms with van der Waals surface area (Å²) in [6, 6.07) is 5.32. The van der Waals surface area contributed by atoms with E-state index >= 15 is 0 Å². The number of carbonyl (C=O) groups is 1. The number of carboxylic acid groups (broad SMARTS) is 1. The molecular formula is C16H15F3N4O4S. The summed E-state index contributed by atoms with van der Waals surface area (Å²) in [4.78, 5) is 12.2. The fraction of sp³-hybridized carbons (Fsp3) is 0.312. The van der Waals surface area contributed by atoms with Gasteiger partial charge in [-0.05, 0) is 30.3 Å². The van der Waals surface area contributed by atoms with Gasteiger partial charge in [0, 0.05) is 32.4 Å². The minimum Gasteiger partial charge on any atom is -0.478 e. The topological polar surface area (TPSA) is 104 Å². The van der Waals surface area contributed by atoms with Gasteiger partial charge in [-0.25, -0.2) is 13.2 Å². The van der Waals surface area contributed by atoms with Crippen molar-refractivity contribution in [1.29, 1.82) is 0 Å². The fourth-order valence-corrected chi connectivity index (χ4v) is 4.32. The molecule has 0 spiro atoms. The van der Waals surface area contributed by atoms with Crippen molar-refractivity contribution in [2.75, 3.05) is 31.1 Å². The van der Waals surface area contributed by atoms with E-state index in [-0.39, 0.29) is 26.2 Å². The monoisotopic (exact) mass is 416 g/mol. The van der Waals surface area contributed by atoms with Gasteiger partial charge in [-0.1, -0.05) is 0 Å². The first kappa shape index (κ1) is 20.0. The first-order chi connectivity index (χ1) is 13.1. The number of hydrogen-bond acceptors (Lipinski definition) is 6. The van der Waals surface area contributed by atoms with Crippen molar-refractivity contribution in [3.8, 4) is 0 Å². The molecule has 1 aromatic heterocycles. The van der Waals surface area contributed by atoms with Gasteiger partial charge in [-0.2, -0.15) is 22.6 Å². The van der Waals surface area contributed by atoms with Gasteiger partial charge < -0.3 is 10.0 Å². The molecule has 1 aromatic carbocycles. The number of sulfonamides is 1. The summed E-state index contributed by atoms with van der Waals surface area (Å²) >= 11 is 0. The molecule has 2 aromatic rings. The molecule has 3 rings (SSSR count). The first-order valence-corrected chi connectivity index (χ1v) is 9.52. The van der Waals surface area contributed by atoms with Gasteiger partial charge in [0.15, 0.2) is 5.82 Å². The molecule has 150 valence electrons. The van der Waals surface area contributed by atoms with Crippen LogP contribution in [-0.4, -0.2) is 60.2 Å². The third-order valence-corrected chi connectivity index (χ3v) is 6.18. The van der Waals surface area contributed by atoms with Crippen molar-refractivity contribution in [3.63, 3.8) is 0 Å². The lowest BCUT2D eigenvalue weighted by Gasteiger charge is -2.34. The Morgan fingerprint density at radius 1 is 1.11 bits per heavy atom. The Morgan fingerprint density at radius 3 is 2.32 bits per heavy atom. The van der Waals surface area contributed by atoms with Crippen molar-refractivity contribution < 1.29 is 31.5 Å². The van der Waals surface area contributed by atoms with Crippen LogP contribution < -0.4 is 4.90 Å². The average molecular weight is 416 g/mol. The zero-order valence-corrected chi connectivity index (χ0v) is 15.1. The smallest absolute Gasteiger partial charge is 0.417 e. The van der Waals surface area contributed by atoms with Crippen molar-refractivity contribution >= 4 is 21.8 Å². The number of carboxylic acids is 1. The third-order valence-electron chi connectivity index (χ3n) is 4.29. The third kappa shape index (κ3) is 3.92. The lowest BCUT2D eigenvalue weighted by molar-refractivity contribution is -0.138. The second kappa shape index (κ2) is 7.36. The number of rotatable bonds is 4. The Labute approximate surface area is 158 Å². The molecule has 0 radical (unpaired) electrons. The Morgan fingerprint density at radius 2 is 1.79 bits per heavy atom. The predicted octanol–water partition coefficient (Wildman–Crippen LogP) is 1.70. The fourth-order valence-electron chi connectivity index (χ4n) is 2.87. The average Bonchev–Trinajstić information content (AvgIpc) is 2.67. The summed E-state index contributed by atoms with van der Waals surface area (Å²) in [5.74, 6) is -1.21. The maximum atomic E-state index is 13.2. The number of piperazine rings is 1. The van der Waals surface area contributed by atoms with Gasteiger partial charge in [0.05, 0.1) is 16.0 Å². The van der Waals surface area contributed by atoms with E-state index in [1.165, 1.54) is 6.20 Å². The van der Waals surface area contributed by atoms with Crippen molar-refractivity contribution in [2.45, 2.75) is 11.1 Å². The Balaban J connectivity index is 1.85. The van der Waals surface area contributed by atoms with E-state index in [0.29, 0.717) is 18.0 Å². The molecule has 0 bridgehead atoms. The zero-order valence-electron chi connectivity index (χ0n) is 14.3. The molecule has 1 saturated heterocycles. The molecule has 1 fully saturated rings. The van der Waals surface area contributed by atoms with Crippen LogP contribution in [0.25, 0.3) is 0 Å². The van der Waals surface area contributed by atoms with E-state index in [1.807, 2.05) is 4.90 Å².